The number of carbonyl (C=O) groups is 1. The lowest BCUT2D eigenvalue weighted by Crippen LogP contribution is -2.31. The highest BCUT2D eigenvalue weighted by atomic mass is 35.5. The van der Waals surface area contributed by atoms with E-state index >= 15 is 0 Å². The minimum Gasteiger partial charge on any atom is -0.478 e. The first kappa shape index (κ1) is 21.7. The monoisotopic (exact) mass is 443 g/mol. The number of benzene rings is 2. The quantitative estimate of drug-likeness (QED) is 0.463. The molecule has 0 atom stereocenters. The van der Waals surface area contributed by atoms with E-state index in [-0.39, 0.29) is 12.4 Å². The van der Waals surface area contributed by atoms with Crippen LogP contribution in [0.5, 0.6) is 0 Å². The van der Waals surface area contributed by atoms with Crippen LogP contribution in [-0.4, -0.2) is 32.5 Å². The van der Waals surface area contributed by atoms with Gasteiger partial charge in [0.2, 0.25) is 0 Å². The fourth-order valence-electron chi connectivity index (χ4n) is 4.24. The average Bonchev–Trinajstić information content (AvgIpc) is 2.79. The number of pyridine rings is 2. The van der Waals surface area contributed by atoms with Gasteiger partial charge in [-0.3, -0.25) is 9.88 Å². The second-order valence-corrected chi connectivity index (χ2v) is 7.72. The number of rotatable bonds is 4. The molecule has 0 saturated heterocycles. The topological polar surface area (TPSA) is 66.3 Å². The molecule has 0 saturated carbocycles. The summed E-state index contributed by atoms with van der Waals surface area (Å²) in [5.41, 5.74) is 5.82. The highest BCUT2D eigenvalue weighted by Crippen LogP contribution is 2.34. The first-order valence-corrected chi connectivity index (χ1v) is 10.2. The van der Waals surface area contributed by atoms with E-state index in [1.807, 2.05) is 54.6 Å². The Hall–Kier alpha value is -3.54. The highest BCUT2D eigenvalue weighted by Gasteiger charge is 2.28. The smallest absolute Gasteiger partial charge is 0.336 e. The van der Waals surface area contributed by atoms with Crippen LogP contribution in [0.15, 0.2) is 79.1 Å². The van der Waals surface area contributed by atoms with Gasteiger partial charge in [0.25, 0.3) is 0 Å². The van der Waals surface area contributed by atoms with Crippen LogP contribution in [0.2, 0.25) is 0 Å². The molecular formula is C26H22ClN3O2. The molecule has 2 aromatic carbocycles. The summed E-state index contributed by atoms with van der Waals surface area (Å²) in [6.45, 7) is 1.96. The second kappa shape index (κ2) is 9.30. The molecule has 0 spiro atoms. The van der Waals surface area contributed by atoms with Gasteiger partial charge in [0, 0.05) is 43.0 Å². The standard InChI is InChI=1S/C26H21N3O2.ClH/c30-26(31)24-21-8-4-5-9-23(21)28-25-20(14-18-10-12-27-13-11-18)16-29(17-22(24)25)15-19-6-2-1-3-7-19;/h1-14H,15-17H2,(H,30,31);1H. The van der Waals surface area contributed by atoms with Crippen molar-refractivity contribution in [1.29, 1.82) is 0 Å². The Bertz CT molecular complexity index is 1290. The summed E-state index contributed by atoms with van der Waals surface area (Å²) >= 11 is 0. The molecule has 5 nitrogen and oxygen atoms in total. The van der Waals surface area contributed by atoms with Crippen molar-refractivity contribution in [3.63, 3.8) is 0 Å². The molecule has 0 fully saturated rings. The van der Waals surface area contributed by atoms with E-state index in [2.05, 4.69) is 28.1 Å². The van der Waals surface area contributed by atoms with Crippen LogP contribution in [-0.2, 0) is 13.1 Å². The first-order chi connectivity index (χ1) is 15.2. The maximum atomic E-state index is 12.3. The third-order valence-corrected chi connectivity index (χ3v) is 5.58. The van der Waals surface area contributed by atoms with E-state index in [9.17, 15) is 9.90 Å². The van der Waals surface area contributed by atoms with Crippen LogP contribution in [0.4, 0.5) is 0 Å². The lowest BCUT2D eigenvalue weighted by Gasteiger charge is -2.31. The highest BCUT2D eigenvalue weighted by molar-refractivity contribution is 6.06. The Morgan fingerprint density at radius 1 is 0.969 bits per heavy atom. The number of para-hydroxylation sites is 1. The van der Waals surface area contributed by atoms with Crippen LogP contribution in [0.3, 0.4) is 0 Å². The zero-order valence-corrected chi connectivity index (χ0v) is 18.1. The lowest BCUT2D eigenvalue weighted by molar-refractivity contribution is 0.0696. The summed E-state index contributed by atoms with van der Waals surface area (Å²) in [4.78, 5) is 23.6. The van der Waals surface area contributed by atoms with E-state index in [4.69, 9.17) is 4.98 Å². The summed E-state index contributed by atoms with van der Waals surface area (Å²) in [7, 11) is 0. The maximum absolute atomic E-state index is 12.3. The SMILES string of the molecule is Cl.O=C(O)c1c2c(nc3ccccc13)C(=Cc1ccncc1)CN(Cc1ccccc1)C2. The van der Waals surface area contributed by atoms with E-state index in [1.165, 1.54) is 5.56 Å². The first-order valence-electron chi connectivity index (χ1n) is 10.2. The Kier molecular flexibility index (Phi) is 6.30. The molecule has 0 amide bonds. The normalized spacial score (nSPS) is 14.7. The van der Waals surface area contributed by atoms with E-state index in [0.717, 1.165) is 28.9 Å². The summed E-state index contributed by atoms with van der Waals surface area (Å²) in [6.07, 6.45) is 5.60. The van der Waals surface area contributed by atoms with Crippen LogP contribution >= 0.6 is 12.4 Å². The van der Waals surface area contributed by atoms with Crippen LogP contribution in [0.25, 0.3) is 22.6 Å². The van der Waals surface area contributed by atoms with Gasteiger partial charge < -0.3 is 5.11 Å². The average molecular weight is 444 g/mol. The third-order valence-electron chi connectivity index (χ3n) is 5.58. The molecule has 0 unspecified atom stereocenters. The predicted octanol–water partition coefficient (Wildman–Crippen LogP) is 5.31. The number of halogens is 1. The molecule has 0 bridgehead atoms. The number of aromatic carboxylic acids is 1. The van der Waals surface area contributed by atoms with Crippen molar-refractivity contribution < 1.29 is 9.90 Å². The summed E-state index contributed by atoms with van der Waals surface area (Å²) in [5.74, 6) is -0.917. The Labute approximate surface area is 192 Å². The molecule has 32 heavy (non-hydrogen) atoms. The molecule has 0 aliphatic carbocycles. The van der Waals surface area contributed by atoms with Crippen molar-refractivity contribution in [3.8, 4) is 0 Å². The Morgan fingerprint density at radius 2 is 1.69 bits per heavy atom. The minimum absolute atomic E-state index is 0. The van der Waals surface area contributed by atoms with Gasteiger partial charge in [-0.2, -0.15) is 0 Å². The molecule has 6 heteroatoms. The molecule has 160 valence electrons. The van der Waals surface area contributed by atoms with Crippen LogP contribution < -0.4 is 0 Å². The van der Waals surface area contributed by atoms with Gasteiger partial charge in [-0.25, -0.2) is 9.78 Å². The van der Waals surface area contributed by atoms with Gasteiger partial charge in [0.05, 0.1) is 16.8 Å². The molecule has 4 aromatic rings. The molecule has 1 aliphatic rings. The fraction of sp³-hybridized carbons (Fsp3) is 0.115. The van der Waals surface area contributed by atoms with Crippen molar-refractivity contribution in [2.24, 2.45) is 0 Å². The minimum atomic E-state index is -0.917. The number of hydrogen-bond acceptors (Lipinski definition) is 4. The number of carboxylic acid groups (broad SMARTS) is 1. The Balaban J connectivity index is 0.00000245. The molecule has 0 radical (unpaired) electrons. The zero-order valence-electron chi connectivity index (χ0n) is 17.3. The van der Waals surface area contributed by atoms with Crippen molar-refractivity contribution in [2.45, 2.75) is 13.1 Å². The predicted molar refractivity (Wildman–Crippen MR) is 129 cm³/mol. The van der Waals surface area contributed by atoms with Gasteiger partial charge in [0.15, 0.2) is 0 Å². The molecule has 5 rings (SSSR count). The van der Waals surface area contributed by atoms with Gasteiger partial charge in [-0.1, -0.05) is 48.5 Å². The van der Waals surface area contributed by atoms with Gasteiger partial charge >= 0.3 is 5.97 Å². The Morgan fingerprint density at radius 3 is 2.44 bits per heavy atom. The summed E-state index contributed by atoms with van der Waals surface area (Å²) in [6, 6.07) is 21.6. The number of hydrogen-bond donors (Lipinski definition) is 1. The van der Waals surface area contributed by atoms with Gasteiger partial charge in [-0.15, -0.1) is 12.4 Å². The zero-order chi connectivity index (χ0) is 21.2. The molecule has 1 N–H and O–H groups in total. The summed E-state index contributed by atoms with van der Waals surface area (Å²) < 4.78 is 0. The molecule has 1 aliphatic heterocycles. The van der Waals surface area contributed by atoms with Crippen LogP contribution in [0, 0.1) is 0 Å². The number of aromatic nitrogens is 2. The van der Waals surface area contributed by atoms with E-state index in [1.54, 1.807) is 12.4 Å². The number of fused-ring (bicyclic) bond motifs is 2. The summed E-state index contributed by atoms with van der Waals surface area (Å²) in [5, 5.41) is 10.8. The van der Waals surface area contributed by atoms with Crippen molar-refractivity contribution in [2.75, 3.05) is 6.54 Å². The van der Waals surface area contributed by atoms with Crippen LogP contribution in [0.1, 0.15) is 32.7 Å². The maximum Gasteiger partial charge on any atom is 0.336 e. The largest absolute Gasteiger partial charge is 0.478 e. The number of carboxylic acids is 1. The van der Waals surface area contributed by atoms with Crippen molar-refractivity contribution in [1.82, 2.24) is 14.9 Å². The van der Waals surface area contributed by atoms with E-state index in [0.29, 0.717) is 29.6 Å². The van der Waals surface area contributed by atoms with Gasteiger partial charge in [0.1, 0.15) is 0 Å². The molecule has 3 heterocycles. The lowest BCUT2D eigenvalue weighted by atomic mass is 9.92. The molecule has 2 aromatic heterocycles. The van der Waals surface area contributed by atoms with Crippen molar-refractivity contribution >= 4 is 40.9 Å². The number of nitrogens with zero attached hydrogens (tertiary/aromatic N) is 3. The fourth-order valence-corrected chi connectivity index (χ4v) is 4.24. The second-order valence-electron chi connectivity index (χ2n) is 7.72. The van der Waals surface area contributed by atoms with Crippen molar-refractivity contribution in [3.05, 3.63) is 107 Å². The third kappa shape index (κ3) is 4.26. The van der Waals surface area contributed by atoms with Gasteiger partial charge in [-0.05, 0) is 41.0 Å². The molecular weight excluding hydrogens is 422 g/mol. The van der Waals surface area contributed by atoms with E-state index < -0.39 is 5.97 Å².